The van der Waals surface area contributed by atoms with Crippen LogP contribution < -0.4 is 11.1 Å². The molecule has 1 aliphatic rings. The van der Waals surface area contributed by atoms with Crippen LogP contribution in [0.2, 0.25) is 0 Å². The van der Waals surface area contributed by atoms with Crippen LogP contribution in [0.4, 0.5) is 0 Å². The molecule has 0 saturated carbocycles. The zero-order chi connectivity index (χ0) is 13.0. The number of hydrogen-bond acceptors (Lipinski definition) is 5. The summed E-state index contributed by atoms with van der Waals surface area (Å²) in [5, 5.41) is 2.67. The number of nitrogens with one attached hydrogen (secondary N) is 1. The largest absolute Gasteiger partial charge is 0.467 e. The molecule has 1 aliphatic heterocycles. The Morgan fingerprint density at radius 2 is 2.06 bits per heavy atom. The summed E-state index contributed by atoms with van der Waals surface area (Å²) in [5.41, 5.74) is 5.74. The number of carbonyl (C=O) groups excluding carboxylic acids is 2. The first-order valence-corrected chi connectivity index (χ1v) is 5.69. The molecule has 1 heterocycles. The van der Waals surface area contributed by atoms with Crippen LogP contribution in [0.5, 0.6) is 0 Å². The van der Waals surface area contributed by atoms with Crippen molar-refractivity contribution in [3.05, 3.63) is 0 Å². The molecule has 1 amide bonds. The molecular formula is C11H20N2O4. The Kier molecular flexibility index (Phi) is 4.89. The van der Waals surface area contributed by atoms with E-state index < -0.39 is 12.0 Å². The standard InChI is InChI=1S/C11H20N2O4/c1-6(2)9(11(15)16-3)13-10(14)7-4-17-5-8(7)12/h6-9H,4-5,12H2,1-3H3,(H,13,14)/t7?,8?,9-/m0/s1. The molecule has 3 N–H and O–H groups in total. The minimum atomic E-state index is -0.639. The van der Waals surface area contributed by atoms with E-state index in [1.54, 1.807) is 0 Å². The van der Waals surface area contributed by atoms with E-state index in [2.05, 4.69) is 10.1 Å². The zero-order valence-corrected chi connectivity index (χ0v) is 10.4. The van der Waals surface area contributed by atoms with Crippen molar-refractivity contribution < 1.29 is 19.1 Å². The van der Waals surface area contributed by atoms with Gasteiger partial charge in [-0.15, -0.1) is 0 Å². The molecule has 0 bridgehead atoms. The van der Waals surface area contributed by atoms with Gasteiger partial charge < -0.3 is 20.5 Å². The first kappa shape index (κ1) is 13.9. The van der Waals surface area contributed by atoms with Crippen molar-refractivity contribution in [2.24, 2.45) is 17.6 Å². The maximum Gasteiger partial charge on any atom is 0.328 e. The third-order valence-electron chi connectivity index (χ3n) is 2.88. The van der Waals surface area contributed by atoms with E-state index in [4.69, 9.17) is 10.5 Å². The number of rotatable bonds is 4. The van der Waals surface area contributed by atoms with Gasteiger partial charge in [0.2, 0.25) is 5.91 Å². The van der Waals surface area contributed by atoms with Crippen LogP contribution in [0.25, 0.3) is 0 Å². The van der Waals surface area contributed by atoms with E-state index in [1.807, 2.05) is 13.8 Å². The lowest BCUT2D eigenvalue weighted by Gasteiger charge is -2.22. The van der Waals surface area contributed by atoms with Crippen molar-refractivity contribution in [1.82, 2.24) is 5.32 Å². The minimum Gasteiger partial charge on any atom is -0.467 e. The van der Waals surface area contributed by atoms with Crippen molar-refractivity contribution >= 4 is 11.9 Å². The van der Waals surface area contributed by atoms with E-state index in [-0.39, 0.29) is 23.8 Å². The van der Waals surface area contributed by atoms with Crippen LogP contribution in [0, 0.1) is 11.8 Å². The zero-order valence-electron chi connectivity index (χ0n) is 10.4. The highest BCUT2D eigenvalue weighted by Gasteiger charge is 2.34. The average molecular weight is 244 g/mol. The van der Waals surface area contributed by atoms with Crippen molar-refractivity contribution in [2.75, 3.05) is 20.3 Å². The van der Waals surface area contributed by atoms with Gasteiger partial charge in [-0.05, 0) is 5.92 Å². The summed E-state index contributed by atoms with van der Waals surface area (Å²) in [6.07, 6.45) is 0. The fraction of sp³-hybridized carbons (Fsp3) is 0.818. The third-order valence-corrected chi connectivity index (χ3v) is 2.88. The SMILES string of the molecule is COC(=O)[C@@H](NC(=O)C1COCC1N)C(C)C. The van der Waals surface area contributed by atoms with Crippen LogP contribution in [-0.4, -0.2) is 44.3 Å². The van der Waals surface area contributed by atoms with Gasteiger partial charge in [0.1, 0.15) is 6.04 Å². The summed E-state index contributed by atoms with van der Waals surface area (Å²) in [7, 11) is 1.30. The van der Waals surface area contributed by atoms with Gasteiger partial charge in [-0.2, -0.15) is 0 Å². The van der Waals surface area contributed by atoms with Gasteiger partial charge in [0.05, 0.1) is 26.2 Å². The summed E-state index contributed by atoms with van der Waals surface area (Å²) in [6.45, 7) is 4.36. The maximum atomic E-state index is 11.9. The Bertz CT molecular complexity index is 293. The molecule has 1 rings (SSSR count). The Balaban J connectivity index is 2.61. The van der Waals surface area contributed by atoms with E-state index in [0.29, 0.717) is 13.2 Å². The molecule has 6 heteroatoms. The fourth-order valence-corrected chi connectivity index (χ4v) is 1.73. The summed E-state index contributed by atoms with van der Waals surface area (Å²) < 4.78 is 9.77. The van der Waals surface area contributed by atoms with Gasteiger partial charge in [0.15, 0.2) is 0 Å². The average Bonchev–Trinajstić information content (AvgIpc) is 2.70. The van der Waals surface area contributed by atoms with E-state index in [1.165, 1.54) is 7.11 Å². The quantitative estimate of drug-likeness (QED) is 0.636. The fourth-order valence-electron chi connectivity index (χ4n) is 1.73. The summed E-state index contributed by atoms with van der Waals surface area (Å²) in [4.78, 5) is 23.4. The number of esters is 1. The van der Waals surface area contributed by atoms with Gasteiger partial charge >= 0.3 is 5.97 Å². The van der Waals surface area contributed by atoms with Crippen molar-refractivity contribution in [2.45, 2.75) is 25.9 Å². The lowest BCUT2D eigenvalue weighted by atomic mass is 10.00. The van der Waals surface area contributed by atoms with Crippen LogP contribution in [0.15, 0.2) is 0 Å². The monoisotopic (exact) mass is 244 g/mol. The lowest BCUT2D eigenvalue weighted by molar-refractivity contribution is -0.147. The molecule has 2 unspecified atom stereocenters. The van der Waals surface area contributed by atoms with E-state index >= 15 is 0 Å². The Hall–Kier alpha value is -1.14. The van der Waals surface area contributed by atoms with Crippen LogP contribution in [0.1, 0.15) is 13.8 Å². The second-order valence-electron chi connectivity index (χ2n) is 4.56. The molecule has 0 radical (unpaired) electrons. The van der Waals surface area contributed by atoms with Crippen LogP contribution >= 0.6 is 0 Å². The summed E-state index contributed by atoms with van der Waals surface area (Å²) >= 11 is 0. The number of amides is 1. The highest BCUT2D eigenvalue weighted by Crippen LogP contribution is 2.13. The molecular weight excluding hydrogens is 224 g/mol. The molecule has 0 aromatic rings. The van der Waals surface area contributed by atoms with E-state index in [0.717, 1.165) is 0 Å². The van der Waals surface area contributed by atoms with Crippen molar-refractivity contribution in [3.8, 4) is 0 Å². The molecule has 0 aromatic heterocycles. The Morgan fingerprint density at radius 1 is 1.41 bits per heavy atom. The second-order valence-corrected chi connectivity index (χ2v) is 4.56. The Morgan fingerprint density at radius 3 is 2.47 bits per heavy atom. The molecule has 0 aliphatic carbocycles. The summed E-state index contributed by atoms with van der Waals surface area (Å²) in [5.74, 6) is -1.12. The van der Waals surface area contributed by atoms with Gasteiger partial charge in [0, 0.05) is 6.04 Å². The molecule has 17 heavy (non-hydrogen) atoms. The number of nitrogens with two attached hydrogens (primary N) is 1. The van der Waals surface area contributed by atoms with Crippen molar-refractivity contribution in [1.29, 1.82) is 0 Å². The predicted molar refractivity (Wildman–Crippen MR) is 61.1 cm³/mol. The number of hydrogen-bond donors (Lipinski definition) is 2. The smallest absolute Gasteiger partial charge is 0.328 e. The number of ether oxygens (including phenoxy) is 2. The van der Waals surface area contributed by atoms with E-state index in [9.17, 15) is 9.59 Å². The van der Waals surface area contributed by atoms with Crippen LogP contribution in [-0.2, 0) is 19.1 Å². The maximum absolute atomic E-state index is 11.9. The van der Waals surface area contributed by atoms with Crippen molar-refractivity contribution in [3.63, 3.8) is 0 Å². The highest BCUT2D eigenvalue weighted by atomic mass is 16.5. The van der Waals surface area contributed by atoms with Gasteiger partial charge in [-0.1, -0.05) is 13.8 Å². The van der Waals surface area contributed by atoms with Gasteiger partial charge in [-0.3, -0.25) is 4.79 Å². The molecule has 1 saturated heterocycles. The molecule has 6 nitrogen and oxygen atoms in total. The summed E-state index contributed by atoms with van der Waals surface area (Å²) in [6, 6.07) is -0.944. The molecule has 3 atom stereocenters. The highest BCUT2D eigenvalue weighted by molar-refractivity contribution is 5.86. The predicted octanol–water partition coefficient (Wildman–Crippen LogP) is -0.726. The molecule has 98 valence electrons. The topological polar surface area (TPSA) is 90.6 Å². The first-order valence-electron chi connectivity index (χ1n) is 5.69. The second kappa shape index (κ2) is 5.97. The Labute approximate surface area is 101 Å². The van der Waals surface area contributed by atoms with Crippen LogP contribution in [0.3, 0.4) is 0 Å². The third kappa shape index (κ3) is 3.41. The number of methoxy groups -OCH3 is 1. The number of carbonyl (C=O) groups is 2. The van der Waals surface area contributed by atoms with Gasteiger partial charge in [0.25, 0.3) is 0 Å². The lowest BCUT2D eigenvalue weighted by Crippen LogP contribution is -2.50. The molecule has 0 aromatic carbocycles. The first-order chi connectivity index (χ1) is 7.97. The molecule has 1 fully saturated rings. The minimum absolute atomic E-state index is 0.0371. The molecule has 0 spiro atoms. The normalized spacial score (nSPS) is 25.7. The van der Waals surface area contributed by atoms with Gasteiger partial charge in [-0.25, -0.2) is 4.79 Å².